The van der Waals surface area contributed by atoms with Crippen LogP contribution in [0, 0.1) is 0 Å². The summed E-state index contributed by atoms with van der Waals surface area (Å²) < 4.78 is 28.9. The number of rotatable bonds is 4. The van der Waals surface area contributed by atoms with Gasteiger partial charge in [-0.1, -0.05) is 11.6 Å². The molecular formula is C19H18ClN5O3S. The van der Waals surface area contributed by atoms with Crippen LogP contribution in [0.4, 0.5) is 5.69 Å². The van der Waals surface area contributed by atoms with Gasteiger partial charge in [-0.2, -0.15) is 0 Å². The molecule has 0 spiro atoms. The van der Waals surface area contributed by atoms with Gasteiger partial charge in [-0.25, -0.2) is 13.1 Å². The monoisotopic (exact) mass is 431 g/mol. The van der Waals surface area contributed by atoms with E-state index < -0.39 is 10.0 Å². The lowest BCUT2D eigenvalue weighted by atomic mass is 10.2. The summed E-state index contributed by atoms with van der Waals surface area (Å²) in [5, 5.41) is 7.09. The SMILES string of the molecule is Cn1c(C(=O)Nc2ccc(S(=O)(=O)NC3=NCCN3)cc2)cc2cc(Cl)ccc21. The lowest BCUT2D eigenvalue weighted by molar-refractivity contribution is 0.101. The third-order valence-electron chi connectivity index (χ3n) is 4.56. The summed E-state index contributed by atoms with van der Waals surface area (Å²) in [6.45, 7) is 1.13. The number of aromatic nitrogens is 1. The van der Waals surface area contributed by atoms with E-state index in [1.54, 1.807) is 29.8 Å². The maximum absolute atomic E-state index is 12.7. The molecule has 2 heterocycles. The number of nitrogens with zero attached hydrogens (tertiary/aromatic N) is 2. The zero-order valence-electron chi connectivity index (χ0n) is 15.4. The number of anilines is 1. The van der Waals surface area contributed by atoms with Crippen molar-refractivity contribution in [2.45, 2.75) is 4.90 Å². The molecule has 0 atom stereocenters. The summed E-state index contributed by atoms with van der Waals surface area (Å²) in [6.07, 6.45) is 0. The minimum Gasteiger partial charge on any atom is -0.354 e. The molecule has 1 aromatic heterocycles. The molecule has 0 fully saturated rings. The van der Waals surface area contributed by atoms with Gasteiger partial charge in [-0.05, 0) is 48.5 Å². The Balaban J connectivity index is 1.51. The fourth-order valence-electron chi connectivity index (χ4n) is 3.10. The summed E-state index contributed by atoms with van der Waals surface area (Å²) in [6, 6.07) is 13.1. The Morgan fingerprint density at radius 1 is 1.17 bits per heavy atom. The van der Waals surface area contributed by atoms with Crippen LogP contribution in [0.25, 0.3) is 10.9 Å². The smallest absolute Gasteiger partial charge is 0.272 e. The van der Waals surface area contributed by atoms with E-state index in [9.17, 15) is 13.2 Å². The van der Waals surface area contributed by atoms with Gasteiger partial charge in [0.15, 0.2) is 0 Å². The summed E-state index contributed by atoms with van der Waals surface area (Å²) in [4.78, 5) is 16.8. The Kier molecular flexibility index (Phi) is 4.93. The first kappa shape index (κ1) is 19.3. The standard InChI is InChI=1S/C19H18ClN5O3S/c1-25-16-7-2-13(20)10-12(16)11-17(25)18(26)23-14-3-5-15(6-4-14)29(27,28)24-19-21-8-9-22-19/h2-7,10-11H,8-9H2,1H3,(H,23,26)(H2,21,22,24). The van der Waals surface area contributed by atoms with E-state index in [4.69, 9.17) is 11.6 Å². The number of carbonyl (C=O) groups excluding carboxylic acids is 1. The summed E-state index contributed by atoms with van der Waals surface area (Å²) in [7, 11) is -1.94. The van der Waals surface area contributed by atoms with Crippen LogP contribution in [0.15, 0.2) is 58.4 Å². The molecule has 1 amide bonds. The highest BCUT2D eigenvalue weighted by molar-refractivity contribution is 7.90. The number of hydrogen-bond acceptors (Lipinski definition) is 5. The fourth-order valence-corrected chi connectivity index (χ4v) is 4.29. The van der Waals surface area contributed by atoms with E-state index >= 15 is 0 Å². The largest absolute Gasteiger partial charge is 0.354 e. The molecule has 2 aromatic carbocycles. The van der Waals surface area contributed by atoms with Crippen molar-refractivity contribution in [3.05, 3.63) is 59.2 Å². The van der Waals surface area contributed by atoms with Crippen LogP contribution in [-0.2, 0) is 17.1 Å². The van der Waals surface area contributed by atoms with Crippen LogP contribution >= 0.6 is 11.6 Å². The van der Waals surface area contributed by atoms with Crippen molar-refractivity contribution < 1.29 is 13.2 Å². The number of amides is 1. The lowest BCUT2D eigenvalue weighted by Gasteiger charge is -2.10. The highest BCUT2D eigenvalue weighted by Crippen LogP contribution is 2.23. The van der Waals surface area contributed by atoms with Gasteiger partial charge in [0.1, 0.15) is 5.69 Å². The maximum atomic E-state index is 12.7. The zero-order chi connectivity index (χ0) is 20.6. The molecule has 0 aliphatic carbocycles. The second-order valence-electron chi connectivity index (χ2n) is 6.53. The van der Waals surface area contributed by atoms with Gasteiger partial charge in [0, 0.05) is 35.2 Å². The molecule has 0 unspecified atom stereocenters. The van der Waals surface area contributed by atoms with Crippen molar-refractivity contribution >= 4 is 50.1 Å². The highest BCUT2D eigenvalue weighted by atomic mass is 35.5. The molecular weight excluding hydrogens is 414 g/mol. The quantitative estimate of drug-likeness (QED) is 0.589. The van der Waals surface area contributed by atoms with E-state index in [0.29, 0.717) is 29.5 Å². The number of halogens is 1. The molecule has 1 aliphatic rings. The lowest BCUT2D eigenvalue weighted by Crippen LogP contribution is -2.38. The first-order valence-corrected chi connectivity index (χ1v) is 10.7. The minimum absolute atomic E-state index is 0.0751. The Labute approximate surface area is 172 Å². The number of aryl methyl sites for hydroxylation is 1. The summed E-state index contributed by atoms with van der Waals surface area (Å²) >= 11 is 6.02. The first-order chi connectivity index (χ1) is 13.8. The van der Waals surface area contributed by atoms with E-state index in [1.165, 1.54) is 24.3 Å². The summed E-state index contributed by atoms with van der Waals surface area (Å²) in [5.74, 6) is -0.0728. The van der Waals surface area contributed by atoms with Crippen LogP contribution < -0.4 is 15.4 Å². The van der Waals surface area contributed by atoms with Crippen molar-refractivity contribution in [2.24, 2.45) is 12.0 Å². The van der Waals surface area contributed by atoms with Gasteiger partial charge < -0.3 is 15.2 Å². The second kappa shape index (κ2) is 7.41. The average Bonchev–Trinajstić information content (AvgIpc) is 3.29. The molecule has 3 aromatic rings. The Morgan fingerprint density at radius 2 is 1.93 bits per heavy atom. The number of fused-ring (bicyclic) bond motifs is 1. The number of sulfonamides is 1. The number of carbonyl (C=O) groups is 1. The van der Waals surface area contributed by atoms with Gasteiger partial charge >= 0.3 is 0 Å². The zero-order valence-corrected chi connectivity index (χ0v) is 17.0. The molecule has 3 N–H and O–H groups in total. The second-order valence-corrected chi connectivity index (χ2v) is 8.65. The van der Waals surface area contributed by atoms with Gasteiger partial charge in [-0.3, -0.25) is 9.79 Å². The van der Waals surface area contributed by atoms with Crippen molar-refractivity contribution in [3.8, 4) is 0 Å². The van der Waals surface area contributed by atoms with Crippen LogP contribution in [0.3, 0.4) is 0 Å². The number of benzene rings is 2. The van der Waals surface area contributed by atoms with Crippen LogP contribution in [0.5, 0.6) is 0 Å². The Bertz CT molecular complexity index is 1230. The third-order valence-corrected chi connectivity index (χ3v) is 6.15. The van der Waals surface area contributed by atoms with Crippen LogP contribution in [0.1, 0.15) is 10.5 Å². The molecule has 1 aliphatic heterocycles. The van der Waals surface area contributed by atoms with Gasteiger partial charge in [0.2, 0.25) is 5.96 Å². The Hall–Kier alpha value is -3.04. The minimum atomic E-state index is -3.74. The Morgan fingerprint density at radius 3 is 2.62 bits per heavy atom. The molecule has 0 radical (unpaired) electrons. The topological polar surface area (TPSA) is 105 Å². The number of aliphatic imine (C=N–C) groups is 1. The predicted molar refractivity (Wildman–Crippen MR) is 113 cm³/mol. The molecule has 10 heteroatoms. The molecule has 8 nitrogen and oxygen atoms in total. The number of guanidine groups is 1. The van der Waals surface area contributed by atoms with E-state index in [1.807, 2.05) is 6.07 Å². The van der Waals surface area contributed by atoms with Crippen LogP contribution in [-0.4, -0.2) is 37.9 Å². The molecule has 150 valence electrons. The van der Waals surface area contributed by atoms with Crippen molar-refractivity contribution in [2.75, 3.05) is 18.4 Å². The van der Waals surface area contributed by atoms with Gasteiger partial charge in [0.25, 0.3) is 15.9 Å². The van der Waals surface area contributed by atoms with Crippen molar-refractivity contribution in [1.82, 2.24) is 14.6 Å². The summed E-state index contributed by atoms with van der Waals surface area (Å²) in [5.41, 5.74) is 1.83. The van der Waals surface area contributed by atoms with Crippen LogP contribution in [0.2, 0.25) is 5.02 Å². The molecule has 4 rings (SSSR count). The van der Waals surface area contributed by atoms with Gasteiger partial charge in [-0.15, -0.1) is 0 Å². The van der Waals surface area contributed by atoms with E-state index in [-0.39, 0.29) is 16.8 Å². The van der Waals surface area contributed by atoms with Crippen molar-refractivity contribution in [1.29, 1.82) is 0 Å². The molecule has 0 bridgehead atoms. The maximum Gasteiger partial charge on any atom is 0.272 e. The predicted octanol–water partition coefficient (Wildman–Crippen LogP) is 2.32. The average molecular weight is 432 g/mol. The molecule has 0 saturated carbocycles. The fraction of sp³-hybridized carbons (Fsp3) is 0.158. The first-order valence-electron chi connectivity index (χ1n) is 8.81. The molecule has 0 saturated heterocycles. The number of hydrogen-bond donors (Lipinski definition) is 3. The highest BCUT2D eigenvalue weighted by Gasteiger charge is 2.19. The normalized spacial score (nSPS) is 13.8. The van der Waals surface area contributed by atoms with Gasteiger partial charge in [0.05, 0.1) is 11.4 Å². The van der Waals surface area contributed by atoms with E-state index in [2.05, 4.69) is 20.3 Å². The third kappa shape index (κ3) is 3.92. The van der Waals surface area contributed by atoms with Crippen molar-refractivity contribution in [3.63, 3.8) is 0 Å². The van der Waals surface area contributed by atoms with E-state index in [0.717, 1.165) is 10.9 Å². The molecule has 29 heavy (non-hydrogen) atoms. The number of nitrogens with one attached hydrogen (secondary N) is 3.